The van der Waals surface area contributed by atoms with E-state index in [0.717, 1.165) is 4.47 Å². The van der Waals surface area contributed by atoms with E-state index in [1.165, 1.54) is 0 Å². The van der Waals surface area contributed by atoms with Crippen molar-refractivity contribution in [2.45, 2.75) is 12.7 Å². The molecule has 7 heteroatoms. The molecular formula is C11H11BrN2O3S. The summed E-state index contributed by atoms with van der Waals surface area (Å²) in [6.07, 6.45) is 0. The molecule has 0 unspecified atom stereocenters. The van der Waals surface area contributed by atoms with Gasteiger partial charge in [-0.3, -0.25) is 4.72 Å². The molecule has 0 bridgehead atoms. The molecule has 0 fully saturated rings. The Morgan fingerprint density at radius 3 is 2.56 bits per heavy atom. The summed E-state index contributed by atoms with van der Waals surface area (Å²) < 4.78 is 31.9. The average Bonchev–Trinajstić information content (AvgIpc) is 2.66. The SMILES string of the molecule is Cc1cc(CS(=O)(=O)Nc2ccc(Br)cc2)no1. The van der Waals surface area contributed by atoms with Gasteiger partial charge in [0.2, 0.25) is 10.0 Å². The van der Waals surface area contributed by atoms with Gasteiger partial charge in [0.05, 0.1) is 0 Å². The fraction of sp³-hybridized carbons (Fsp3) is 0.182. The van der Waals surface area contributed by atoms with Crippen LogP contribution in [-0.4, -0.2) is 13.6 Å². The smallest absolute Gasteiger partial charge is 0.238 e. The lowest BCUT2D eigenvalue weighted by molar-refractivity contribution is 0.392. The van der Waals surface area contributed by atoms with Crippen LogP contribution in [0.4, 0.5) is 5.69 Å². The van der Waals surface area contributed by atoms with Crippen molar-refractivity contribution in [1.29, 1.82) is 0 Å². The molecular weight excluding hydrogens is 320 g/mol. The third-order valence-electron chi connectivity index (χ3n) is 2.13. The number of anilines is 1. The Labute approximate surface area is 113 Å². The van der Waals surface area contributed by atoms with Crippen LogP contribution in [0.5, 0.6) is 0 Å². The molecule has 1 heterocycles. The summed E-state index contributed by atoms with van der Waals surface area (Å²) in [4.78, 5) is 0. The fourth-order valence-corrected chi connectivity index (χ4v) is 2.77. The molecule has 0 amide bonds. The van der Waals surface area contributed by atoms with Gasteiger partial charge < -0.3 is 4.52 Å². The molecule has 5 nitrogen and oxygen atoms in total. The number of aryl methyl sites for hydroxylation is 1. The quantitative estimate of drug-likeness (QED) is 0.935. The van der Waals surface area contributed by atoms with Crippen LogP contribution in [0.3, 0.4) is 0 Å². The lowest BCUT2D eigenvalue weighted by Gasteiger charge is -2.06. The van der Waals surface area contributed by atoms with Gasteiger partial charge in [0.25, 0.3) is 0 Å². The highest BCUT2D eigenvalue weighted by Gasteiger charge is 2.14. The summed E-state index contributed by atoms with van der Waals surface area (Å²) in [6, 6.07) is 8.47. The van der Waals surface area contributed by atoms with Gasteiger partial charge in [0.1, 0.15) is 17.2 Å². The van der Waals surface area contributed by atoms with Crippen molar-refractivity contribution in [1.82, 2.24) is 5.16 Å². The van der Waals surface area contributed by atoms with Crippen LogP contribution < -0.4 is 4.72 Å². The Bertz CT molecular complexity index is 635. The van der Waals surface area contributed by atoms with Crippen molar-refractivity contribution in [2.24, 2.45) is 0 Å². The average molecular weight is 331 g/mol. The highest BCUT2D eigenvalue weighted by atomic mass is 79.9. The minimum absolute atomic E-state index is 0.208. The molecule has 2 aromatic rings. The van der Waals surface area contributed by atoms with E-state index in [2.05, 4.69) is 25.8 Å². The predicted octanol–water partition coefficient (Wildman–Crippen LogP) is 2.69. The maximum Gasteiger partial charge on any atom is 0.238 e. The molecule has 18 heavy (non-hydrogen) atoms. The zero-order chi connectivity index (χ0) is 13.2. The molecule has 1 N–H and O–H groups in total. The molecule has 0 atom stereocenters. The minimum atomic E-state index is -3.48. The number of aromatic nitrogens is 1. The minimum Gasteiger partial charge on any atom is -0.361 e. The van der Waals surface area contributed by atoms with Gasteiger partial charge in [-0.2, -0.15) is 0 Å². The molecule has 0 aliphatic rings. The Hall–Kier alpha value is -1.34. The molecule has 0 aliphatic heterocycles. The first-order valence-corrected chi connectivity index (χ1v) is 7.57. The van der Waals surface area contributed by atoms with Crippen LogP contribution >= 0.6 is 15.9 Å². The molecule has 0 radical (unpaired) electrons. The Kier molecular flexibility index (Phi) is 3.72. The van der Waals surface area contributed by atoms with Crippen molar-refractivity contribution in [2.75, 3.05) is 4.72 Å². The summed E-state index contributed by atoms with van der Waals surface area (Å²) in [7, 11) is -3.48. The van der Waals surface area contributed by atoms with Crippen LogP contribution in [0.2, 0.25) is 0 Å². The van der Waals surface area contributed by atoms with Crippen LogP contribution in [0, 0.1) is 6.92 Å². The second-order valence-electron chi connectivity index (χ2n) is 3.80. The molecule has 0 saturated carbocycles. The van der Waals surface area contributed by atoms with E-state index in [-0.39, 0.29) is 5.75 Å². The van der Waals surface area contributed by atoms with E-state index in [1.54, 1.807) is 37.3 Å². The van der Waals surface area contributed by atoms with E-state index in [1.807, 2.05) is 0 Å². The van der Waals surface area contributed by atoms with Gasteiger partial charge in [0.15, 0.2) is 0 Å². The lowest BCUT2D eigenvalue weighted by Crippen LogP contribution is -2.15. The second-order valence-corrected chi connectivity index (χ2v) is 6.43. The van der Waals surface area contributed by atoms with Crippen molar-refractivity contribution in [3.8, 4) is 0 Å². The summed E-state index contributed by atoms with van der Waals surface area (Å²) in [6.45, 7) is 1.71. The zero-order valence-electron chi connectivity index (χ0n) is 9.55. The van der Waals surface area contributed by atoms with Crippen LogP contribution in [0.15, 0.2) is 39.3 Å². The summed E-state index contributed by atoms with van der Waals surface area (Å²) in [5, 5.41) is 3.66. The molecule has 2 rings (SSSR count). The summed E-state index contributed by atoms with van der Waals surface area (Å²) >= 11 is 3.28. The first-order chi connectivity index (χ1) is 8.44. The van der Waals surface area contributed by atoms with E-state index in [9.17, 15) is 8.42 Å². The fourth-order valence-electron chi connectivity index (χ4n) is 1.41. The number of sulfonamides is 1. The van der Waals surface area contributed by atoms with Crippen molar-refractivity contribution < 1.29 is 12.9 Å². The van der Waals surface area contributed by atoms with E-state index in [0.29, 0.717) is 17.1 Å². The monoisotopic (exact) mass is 330 g/mol. The summed E-state index contributed by atoms with van der Waals surface area (Å²) in [5.41, 5.74) is 0.899. The van der Waals surface area contributed by atoms with Gasteiger partial charge in [-0.25, -0.2) is 8.42 Å². The van der Waals surface area contributed by atoms with Crippen molar-refractivity contribution in [3.63, 3.8) is 0 Å². The van der Waals surface area contributed by atoms with Gasteiger partial charge in [-0.1, -0.05) is 21.1 Å². The molecule has 0 saturated heterocycles. The predicted molar refractivity (Wildman–Crippen MR) is 71.6 cm³/mol. The Balaban J connectivity index is 2.10. The van der Waals surface area contributed by atoms with Crippen LogP contribution in [0.1, 0.15) is 11.5 Å². The molecule has 1 aromatic carbocycles. The van der Waals surface area contributed by atoms with Crippen molar-refractivity contribution >= 4 is 31.6 Å². The zero-order valence-corrected chi connectivity index (χ0v) is 12.0. The Morgan fingerprint density at radius 1 is 1.33 bits per heavy atom. The highest BCUT2D eigenvalue weighted by Crippen LogP contribution is 2.16. The molecule has 0 spiro atoms. The van der Waals surface area contributed by atoms with Gasteiger partial charge >= 0.3 is 0 Å². The Morgan fingerprint density at radius 2 is 2.00 bits per heavy atom. The number of nitrogens with zero attached hydrogens (tertiary/aromatic N) is 1. The van der Waals surface area contributed by atoms with Gasteiger partial charge in [-0.05, 0) is 31.2 Å². The standard InChI is InChI=1S/C11H11BrN2O3S/c1-8-6-11(13-17-8)7-18(15,16)14-10-4-2-9(12)3-5-10/h2-6,14H,7H2,1H3. The first-order valence-electron chi connectivity index (χ1n) is 5.13. The van der Waals surface area contributed by atoms with Crippen molar-refractivity contribution in [3.05, 3.63) is 46.3 Å². The van der Waals surface area contributed by atoms with Crippen LogP contribution in [0.25, 0.3) is 0 Å². The lowest BCUT2D eigenvalue weighted by atomic mass is 10.3. The van der Waals surface area contributed by atoms with Gasteiger partial charge in [0, 0.05) is 16.2 Å². The molecule has 0 aliphatic carbocycles. The third kappa shape index (κ3) is 3.58. The number of halogens is 1. The number of hydrogen-bond donors (Lipinski definition) is 1. The number of hydrogen-bond acceptors (Lipinski definition) is 4. The van der Waals surface area contributed by atoms with Crippen LogP contribution in [-0.2, 0) is 15.8 Å². The van der Waals surface area contributed by atoms with E-state index >= 15 is 0 Å². The topological polar surface area (TPSA) is 72.2 Å². The second kappa shape index (κ2) is 5.11. The maximum atomic E-state index is 11.9. The normalized spacial score (nSPS) is 11.4. The first kappa shape index (κ1) is 13.1. The maximum absolute atomic E-state index is 11.9. The molecule has 1 aromatic heterocycles. The van der Waals surface area contributed by atoms with Gasteiger partial charge in [-0.15, -0.1) is 0 Å². The number of benzene rings is 1. The van der Waals surface area contributed by atoms with E-state index in [4.69, 9.17) is 4.52 Å². The molecule has 96 valence electrons. The largest absolute Gasteiger partial charge is 0.361 e. The van der Waals surface area contributed by atoms with E-state index < -0.39 is 10.0 Å². The summed E-state index contributed by atoms with van der Waals surface area (Å²) in [5.74, 6) is 0.379. The number of rotatable bonds is 4. The number of nitrogens with one attached hydrogen (secondary N) is 1. The third-order valence-corrected chi connectivity index (χ3v) is 3.88. The highest BCUT2D eigenvalue weighted by molar-refractivity contribution is 9.10.